The van der Waals surface area contributed by atoms with E-state index in [1.807, 2.05) is 0 Å². The highest BCUT2D eigenvalue weighted by Gasteiger charge is 2.13. The Morgan fingerprint density at radius 2 is 2.17 bits per heavy atom. The minimum atomic E-state index is -0.263. The minimum Gasteiger partial charge on any atom is -0.504 e. The number of amides is 1. The SMILES string of the molecule is COc1cccc(C(=O)NCCCCCI)c1O. The lowest BCUT2D eigenvalue weighted by Crippen LogP contribution is -2.24. The maximum absolute atomic E-state index is 11.8. The molecule has 1 rings (SSSR count). The van der Waals surface area contributed by atoms with E-state index < -0.39 is 0 Å². The highest BCUT2D eigenvalue weighted by Crippen LogP contribution is 2.29. The van der Waals surface area contributed by atoms with Crippen molar-refractivity contribution in [2.45, 2.75) is 19.3 Å². The Morgan fingerprint density at radius 3 is 2.83 bits per heavy atom. The molecule has 4 nitrogen and oxygen atoms in total. The fourth-order valence-corrected chi connectivity index (χ4v) is 2.10. The number of carbonyl (C=O) groups excluding carboxylic acids is 1. The molecule has 0 fully saturated rings. The number of carbonyl (C=O) groups is 1. The predicted octanol–water partition coefficient (Wildman–Crippen LogP) is 2.74. The van der Waals surface area contributed by atoms with Crippen molar-refractivity contribution in [2.24, 2.45) is 0 Å². The molecular formula is C13H18INO3. The van der Waals surface area contributed by atoms with Crippen LogP contribution in [0.25, 0.3) is 0 Å². The third-order valence-corrected chi connectivity index (χ3v) is 3.32. The highest BCUT2D eigenvalue weighted by molar-refractivity contribution is 14.1. The van der Waals surface area contributed by atoms with Gasteiger partial charge in [-0.2, -0.15) is 0 Å². The standard InChI is InChI=1S/C13H18INO3/c1-18-11-7-5-6-10(12(11)16)13(17)15-9-4-2-3-8-14/h5-7,16H,2-4,8-9H2,1H3,(H,15,17). The number of rotatable bonds is 7. The smallest absolute Gasteiger partial charge is 0.255 e. The number of para-hydroxylation sites is 1. The summed E-state index contributed by atoms with van der Waals surface area (Å²) in [7, 11) is 1.46. The van der Waals surface area contributed by atoms with Gasteiger partial charge in [-0.1, -0.05) is 35.1 Å². The summed E-state index contributed by atoms with van der Waals surface area (Å²) >= 11 is 2.34. The molecule has 18 heavy (non-hydrogen) atoms. The van der Waals surface area contributed by atoms with Crippen LogP contribution in [0.1, 0.15) is 29.6 Å². The Bertz CT molecular complexity index is 396. The highest BCUT2D eigenvalue weighted by atomic mass is 127. The second kappa shape index (κ2) is 8.18. The molecule has 1 aromatic carbocycles. The molecule has 0 saturated heterocycles. The van der Waals surface area contributed by atoms with Gasteiger partial charge in [0.05, 0.1) is 12.7 Å². The van der Waals surface area contributed by atoms with Gasteiger partial charge in [0, 0.05) is 6.54 Å². The van der Waals surface area contributed by atoms with Gasteiger partial charge >= 0.3 is 0 Å². The molecule has 0 aliphatic heterocycles. The third-order valence-electron chi connectivity index (χ3n) is 2.56. The van der Waals surface area contributed by atoms with Crippen molar-refractivity contribution in [1.29, 1.82) is 0 Å². The lowest BCUT2D eigenvalue weighted by molar-refractivity contribution is 0.0949. The number of phenols is 1. The number of hydrogen-bond donors (Lipinski definition) is 2. The molecule has 0 unspecified atom stereocenters. The number of ether oxygens (including phenoxy) is 1. The third kappa shape index (κ3) is 4.36. The molecule has 0 aliphatic rings. The number of phenolic OH excluding ortho intramolecular Hbond substituents is 1. The van der Waals surface area contributed by atoms with Gasteiger partial charge in [-0.3, -0.25) is 4.79 Å². The average molecular weight is 363 g/mol. The summed E-state index contributed by atoms with van der Waals surface area (Å²) in [6.45, 7) is 0.631. The van der Waals surface area contributed by atoms with Crippen molar-refractivity contribution >= 4 is 28.5 Å². The second-order valence-corrected chi connectivity index (χ2v) is 4.94. The molecule has 0 atom stereocenters. The maximum Gasteiger partial charge on any atom is 0.255 e. The molecule has 1 amide bonds. The normalized spacial score (nSPS) is 10.1. The monoisotopic (exact) mass is 363 g/mol. The first-order valence-electron chi connectivity index (χ1n) is 5.90. The first-order valence-corrected chi connectivity index (χ1v) is 7.43. The lowest BCUT2D eigenvalue weighted by Gasteiger charge is -2.09. The van der Waals surface area contributed by atoms with E-state index in [0.29, 0.717) is 12.3 Å². The topological polar surface area (TPSA) is 58.6 Å². The van der Waals surface area contributed by atoms with Crippen LogP contribution in [-0.4, -0.2) is 29.1 Å². The molecule has 0 heterocycles. The van der Waals surface area contributed by atoms with Crippen LogP contribution < -0.4 is 10.1 Å². The quantitative estimate of drug-likeness (QED) is 0.445. The zero-order valence-electron chi connectivity index (χ0n) is 10.4. The number of nitrogens with one attached hydrogen (secondary N) is 1. The van der Waals surface area contributed by atoms with Crippen LogP contribution in [0, 0.1) is 0 Å². The van der Waals surface area contributed by atoms with Crippen molar-refractivity contribution in [3.8, 4) is 11.5 Å². The van der Waals surface area contributed by atoms with Gasteiger partial charge in [-0.25, -0.2) is 0 Å². The molecule has 0 radical (unpaired) electrons. The van der Waals surface area contributed by atoms with Gasteiger partial charge in [0.15, 0.2) is 11.5 Å². The number of halogens is 1. The van der Waals surface area contributed by atoms with Crippen LogP contribution in [0.3, 0.4) is 0 Å². The number of methoxy groups -OCH3 is 1. The molecule has 1 aromatic rings. The van der Waals surface area contributed by atoms with Gasteiger partial charge < -0.3 is 15.2 Å². The molecule has 0 bridgehead atoms. The van der Waals surface area contributed by atoms with E-state index in [9.17, 15) is 9.90 Å². The van der Waals surface area contributed by atoms with Gasteiger partial charge in [-0.15, -0.1) is 0 Å². The molecule has 2 N–H and O–H groups in total. The summed E-state index contributed by atoms with van der Waals surface area (Å²) < 4.78 is 6.10. The fourth-order valence-electron chi connectivity index (χ4n) is 1.56. The molecule has 0 saturated carbocycles. The van der Waals surface area contributed by atoms with Gasteiger partial charge in [0.2, 0.25) is 0 Å². The first kappa shape index (κ1) is 15.1. The number of unbranched alkanes of at least 4 members (excludes halogenated alkanes) is 2. The van der Waals surface area contributed by atoms with Crippen molar-refractivity contribution in [3.63, 3.8) is 0 Å². The Morgan fingerprint density at radius 1 is 1.39 bits per heavy atom. The van der Waals surface area contributed by atoms with Crippen molar-refractivity contribution in [3.05, 3.63) is 23.8 Å². The summed E-state index contributed by atoms with van der Waals surface area (Å²) in [6, 6.07) is 4.88. The van der Waals surface area contributed by atoms with Crippen LogP contribution in [-0.2, 0) is 0 Å². The van der Waals surface area contributed by atoms with Gasteiger partial charge in [0.1, 0.15) is 0 Å². The van der Waals surface area contributed by atoms with E-state index in [1.54, 1.807) is 18.2 Å². The fraction of sp³-hybridized carbons (Fsp3) is 0.462. The zero-order chi connectivity index (χ0) is 13.4. The molecular weight excluding hydrogens is 345 g/mol. The summed E-state index contributed by atoms with van der Waals surface area (Å²) in [5.74, 6) is -0.0572. The van der Waals surface area contributed by atoms with Crippen LogP contribution in [0.5, 0.6) is 11.5 Å². The molecule has 0 spiro atoms. The minimum absolute atomic E-state index is 0.107. The van der Waals surface area contributed by atoms with E-state index >= 15 is 0 Å². The van der Waals surface area contributed by atoms with Crippen LogP contribution in [0.4, 0.5) is 0 Å². The summed E-state index contributed by atoms with van der Waals surface area (Å²) in [6.07, 6.45) is 3.23. The van der Waals surface area contributed by atoms with Crippen molar-refractivity contribution in [2.75, 3.05) is 18.1 Å². The molecule has 0 aliphatic carbocycles. The Hall–Kier alpha value is -0.980. The maximum atomic E-state index is 11.8. The Labute approximate surface area is 121 Å². The zero-order valence-corrected chi connectivity index (χ0v) is 12.6. The van der Waals surface area contributed by atoms with Gasteiger partial charge in [-0.05, 0) is 29.4 Å². The molecule has 5 heteroatoms. The Kier molecular flexibility index (Phi) is 6.85. The number of benzene rings is 1. The van der Waals surface area contributed by atoms with Crippen LogP contribution >= 0.6 is 22.6 Å². The molecule has 100 valence electrons. The summed E-state index contributed by atoms with van der Waals surface area (Å²) in [5, 5.41) is 12.6. The number of aromatic hydroxyl groups is 1. The summed E-state index contributed by atoms with van der Waals surface area (Å²) in [4.78, 5) is 11.8. The summed E-state index contributed by atoms with van der Waals surface area (Å²) in [5.41, 5.74) is 0.253. The molecule has 0 aromatic heterocycles. The average Bonchev–Trinajstić information content (AvgIpc) is 2.38. The van der Waals surface area contributed by atoms with E-state index in [4.69, 9.17) is 4.74 Å². The van der Waals surface area contributed by atoms with Crippen LogP contribution in [0.15, 0.2) is 18.2 Å². The van der Waals surface area contributed by atoms with Gasteiger partial charge in [0.25, 0.3) is 5.91 Å². The first-order chi connectivity index (χ1) is 8.70. The number of alkyl halides is 1. The van der Waals surface area contributed by atoms with Crippen molar-refractivity contribution < 1.29 is 14.6 Å². The van der Waals surface area contributed by atoms with Crippen molar-refractivity contribution in [1.82, 2.24) is 5.32 Å². The second-order valence-electron chi connectivity index (χ2n) is 3.86. The van der Waals surface area contributed by atoms with E-state index in [0.717, 1.165) is 17.3 Å². The largest absolute Gasteiger partial charge is 0.504 e. The van der Waals surface area contributed by atoms with Crippen LogP contribution in [0.2, 0.25) is 0 Å². The number of hydrogen-bond acceptors (Lipinski definition) is 3. The predicted molar refractivity (Wildman–Crippen MR) is 79.7 cm³/mol. The Balaban J connectivity index is 2.51. The lowest BCUT2D eigenvalue weighted by atomic mass is 10.1. The van der Waals surface area contributed by atoms with E-state index in [-0.39, 0.29) is 17.2 Å². The van der Waals surface area contributed by atoms with E-state index in [2.05, 4.69) is 27.9 Å². The van der Waals surface area contributed by atoms with E-state index in [1.165, 1.54) is 13.5 Å².